The SMILES string of the molecule is Cc1ccc(NC(=O)CNc2ccc(C(=O)NC3CCCCC3)cc2)cc1. The van der Waals surface area contributed by atoms with Crippen LogP contribution in [-0.4, -0.2) is 24.4 Å². The van der Waals surface area contributed by atoms with Gasteiger partial charge in [0.1, 0.15) is 0 Å². The van der Waals surface area contributed by atoms with Crippen molar-refractivity contribution in [2.45, 2.75) is 45.1 Å². The first kappa shape index (κ1) is 19.0. The number of amides is 2. The summed E-state index contributed by atoms with van der Waals surface area (Å²) in [5.74, 6) is -0.136. The first-order valence-electron chi connectivity index (χ1n) is 9.61. The van der Waals surface area contributed by atoms with E-state index in [1.165, 1.54) is 19.3 Å². The molecule has 5 heteroatoms. The number of rotatable bonds is 6. The Morgan fingerprint density at radius 2 is 1.52 bits per heavy atom. The second kappa shape index (κ2) is 9.21. The Morgan fingerprint density at radius 1 is 0.889 bits per heavy atom. The third-order valence-electron chi connectivity index (χ3n) is 4.88. The molecule has 0 aliphatic heterocycles. The summed E-state index contributed by atoms with van der Waals surface area (Å²) in [5.41, 5.74) is 3.39. The summed E-state index contributed by atoms with van der Waals surface area (Å²) in [4.78, 5) is 24.4. The summed E-state index contributed by atoms with van der Waals surface area (Å²) in [6.45, 7) is 2.17. The monoisotopic (exact) mass is 365 g/mol. The van der Waals surface area contributed by atoms with Crippen LogP contribution in [0.4, 0.5) is 11.4 Å². The number of carbonyl (C=O) groups is 2. The zero-order valence-corrected chi connectivity index (χ0v) is 15.8. The Kier molecular flexibility index (Phi) is 6.47. The molecule has 27 heavy (non-hydrogen) atoms. The summed E-state index contributed by atoms with van der Waals surface area (Å²) < 4.78 is 0. The highest BCUT2D eigenvalue weighted by Gasteiger charge is 2.16. The van der Waals surface area contributed by atoms with E-state index in [1.807, 2.05) is 43.3 Å². The lowest BCUT2D eigenvalue weighted by atomic mass is 9.95. The molecule has 0 radical (unpaired) electrons. The average Bonchev–Trinajstić information content (AvgIpc) is 2.69. The summed E-state index contributed by atoms with van der Waals surface area (Å²) in [7, 11) is 0. The topological polar surface area (TPSA) is 70.2 Å². The van der Waals surface area contributed by atoms with Gasteiger partial charge in [-0.1, -0.05) is 37.0 Å². The predicted molar refractivity (Wildman–Crippen MR) is 109 cm³/mol. The molecule has 1 aliphatic carbocycles. The Bertz CT molecular complexity index is 763. The second-order valence-corrected chi connectivity index (χ2v) is 7.15. The van der Waals surface area contributed by atoms with Crippen molar-refractivity contribution in [3.8, 4) is 0 Å². The highest BCUT2D eigenvalue weighted by Crippen LogP contribution is 2.18. The van der Waals surface area contributed by atoms with Gasteiger partial charge in [0.2, 0.25) is 5.91 Å². The summed E-state index contributed by atoms with van der Waals surface area (Å²) in [5, 5.41) is 9.04. The van der Waals surface area contributed by atoms with Gasteiger partial charge in [-0.2, -0.15) is 0 Å². The number of nitrogens with one attached hydrogen (secondary N) is 3. The van der Waals surface area contributed by atoms with E-state index in [9.17, 15) is 9.59 Å². The normalized spacial score (nSPS) is 14.4. The minimum atomic E-state index is -0.113. The fraction of sp³-hybridized carbons (Fsp3) is 0.364. The highest BCUT2D eigenvalue weighted by molar-refractivity contribution is 5.95. The number of benzene rings is 2. The minimum absolute atomic E-state index is 0.0226. The second-order valence-electron chi connectivity index (χ2n) is 7.15. The number of anilines is 2. The Balaban J connectivity index is 1.46. The first-order valence-corrected chi connectivity index (χ1v) is 9.61. The molecule has 0 heterocycles. The molecule has 2 amide bonds. The number of aryl methyl sites for hydroxylation is 1. The van der Waals surface area contributed by atoms with Gasteiger partial charge >= 0.3 is 0 Å². The molecule has 5 nitrogen and oxygen atoms in total. The van der Waals surface area contributed by atoms with Crippen LogP contribution in [0.25, 0.3) is 0 Å². The standard InChI is InChI=1S/C22H27N3O2/c1-16-7-11-20(12-8-16)24-21(26)15-23-18-13-9-17(10-14-18)22(27)25-19-5-3-2-4-6-19/h7-14,19,23H,2-6,15H2,1H3,(H,24,26)(H,25,27). The molecule has 2 aromatic rings. The van der Waals surface area contributed by atoms with Gasteiger partial charge in [-0.05, 0) is 56.2 Å². The fourth-order valence-electron chi connectivity index (χ4n) is 3.28. The first-order chi connectivity index (χ1) is 13.1. The van der Waals surface area contributed by atoms with Gasteiger partial charge < -0.3 is 16.0 Å². The number of hydrogen-bond donors (Lipinski definition) is 3. The Hall–Kier alpha value is -2.82. The molecule has 3 N–H and O–H groups in total. The summed E-state index contributed by atoms with van der Waals surface area (Å²) in [6.07, 6.45) is 5.80. The van der Waals surface area contributed by atoms with Gasteiger partial charge in [-0.25, -0.2) is 0 Å². The van der Waals surface area contributed by atoms with Crippen LogP contribution in [0.15, 0.2) is 48.5 Å². The van der Waals surface area contributed by atoms with E-state index in [0.717, 1.165) is 29.8 Å². The van der Waals surface area contributed by atoms with Gasteiger partial charge in [0, 0.05) is 23.0 Å². The van der Waals surface area contributed by atoms with E-state index < -0.39 is 0 Å². The average molecular weight is 365 g/mol. The lowest BCUT2D eigenvalue weighted by Crippen LogP contribution is -2.36. The molecule has 1 saturated carbocycles. The van der Waals surface area contributed by atoms with Gasteiger partial charge in [0.25, 0.3) is 5.91 Å². The van der Waals surface area contributed by atoms with Gasteiger partial charge in [0.05, 0.1) is 6.54 Å². The number of carbonyl (C=O) groups excluding carboxylic acids is 2. The van der Waals surface area contributed by atoms with E-state index >= 15 is 0 Å². The van der Waals surface area contributed by atoms with Crippen molar-refractivity contribution < 1.29 is 9.59 Å². The third-order valence-corrected chi connectivity index (χ3v) is 4.88. The van der Waals surface area contributed by atoms with Crippen molar-refractivity contribution in [1.29, 1.82) is 0 Å². The Labute approximate surface area is 160 Å². The van der Waals surface area contributed by atoms with Crippen LogP contribution in [0, 0.1) is 6.92 Å². The zero-order chi connectivity index (χ0) is 19.1. The molecule has 142 valence electrons. The highest BCUT2D eigenvalue weighted by atomic mass is 16.2. The van der Waals surface area contributed by atoms with Crippen LogP contribution in [0.2, 0.25) is 0 Å². The van der Waals surface area contributed by atoms with Gasteiger partial charge in [-0.3, -0.25) is 9.59 Å². The quantitative estimate of drug-likeness (QED) is 0.721. The molecule has 0 aromatic heterocycles. The molecule has 0 spiro atoms. The Morgan fingerprint density at radius 3 is 2.19 bits per heavy atom. The molecule has 0 unspecified atom stereocenters. The van der Waals surface area contributed by atoms with Crippen LogP contribution < -0.4 is 16.0 Å². The molecule has 0 atom stereocenters. The molecule has 0 bridgehead atoms. The van der Waals surface area contributed by atoms with Crippen LogP contribution in [0.5, 0.6) is 0 Å². The van der Waals surface area contributed by atoms with Gasteiger partial charge in [-0.15, -0.1) is 0 Å². The van der Waals surface area contributed by atoms with Crippen LogP contribution in [0.3, 0.4) is 0 Å². The van der Waals surface area contributed by atoms with Crippen LogP contribution >= 0.6 is 0 Å². The molecule has 1 aliphatic rings. The van der Waals surface area contributed by atoms with Crippen molar-refractivity contribution in [3.05, 3.63) is 59.7 Å². The van der Waals surface area contributed by atoms with Crippen molar-refractivity contribution in [2.24, 2.45) is 0 Å². The fourth-order valence-corrected chi connectivity index (χ4v) is 3.28. The van der Waals surface area contributed by atoms with Crippen molar-refractivity contribution in [2.75, 3.05) is 17.2 Å². The van der Waals surface area contributed by atoms with Crippen molar-refractivity contribution in [1.82, 2.24) is 5.32 Å². The zero-order valence-electron chi connectivity index (χ0n) is 15.8. The molecule has 1 fully saturated rings. The van der Waals surface area contributed by atoms with Gasteiger partial charge in [0.15, 0.2) is 0 Å². The third kappa shape index (κ3) is 5.84. The molecular formula is C22H27N3O2. The molecule has 3 rings (SSSR count). The van der Waals surface area contributed by atoms with Crippen LogP contribution in [0.1, 0.15) is 48.0 Å². The van der Waals surface area contributed by atoms with Crippen molar-refractivity contribution >= 4 is 23.2 Å². The van der Waals surface area contributed by atoms with E-state index in [1.54, 1.807) is 12.1 Å². The maximum absolute atomic E-state index is 12.3. The molecule has 0 saturated heterocycles. The predicted octanol–water partition coefficient (Wildman–Crippen LogP) is 4.11. The number of hydrogen-bond acceptors (Lipinski definition) is 3. The summed E-state index contributed by atoms with van der Waals surface area (Å²) in [6, 6.07) is 15.2. The summed E-state index contributed by atoms with van der Waals surface area (Å²) >= 11 is 0. The minimum Gasteiger partial charge on any atom is -0.376 e. The maximum Gasteiger partial charge on any atom is 0.251 e. The maximum atomic E-state index is 12.3. The van der Waals surface area contributed by atoms with Crippen LogP contribution in [-0.2, 0) is 4.79 Å². The van der Waals surface area contributed by atoms with E-state index in [4.69, 9.17) is 0 Å². The van der Waals surface area contributed by atoms with E-state index in [-0.39, 0.29) is 18.4 Å². The lowest BCUT2D eigenvalue weighted by Gasteiger charge is -2.22. The molecule has 2 aromatic carbocycles. The van der Waals surface area contributed by atoms with Crippen molar-refractivity contribution in [3.63, 3.8) is 0 Å². The van der Waals surface area contributed by atoms with E-state index in [0.29, 0.717) is 11.6 Å². The van der Waals surface area contributed by atoms with E-state index in [2.05, 4.69) is 16.0 Å². The lowest BCUT2D eigenvalue weighted by molar-refractivity contribution is -0.114. The molecular weight excluding hydrogens is 338 g/mol. The smallest absolute Gasteiger partial charge is 0.251 e. The largest absolute Gasteiger partial charge is 0.376 e.